The molecule has 1 aromatic carbocycles. The molecule has 0 saturated carbocycles. The second-order valence-electron chi connectivity index (χ2n) is 3.34. The normalized spacial score (nSPS) is 10.4. The van der Waals surface area contributed by atoms with Crippen LogP contribution in [-0.2, 0) is 0 Å². The van der Waals surface area contributed by atoms with Crippen molar-refractivity contribution in [2.75, 3.05) is 5.73 Å². The van der Waals surface area contributed by atoms with Crippen molar-refractivity contribution < 1.29 is 0 Å². The molecule has 0 bridgehead atoms. The molecule has 3 heteroatoms. The number of nitrogen functional groups attached to an aromatic ring is 1. The predicted molar refractivity (Wildman–Crippen MR) is 61.4 cm³/mol. The zero-order valence-electron chi connectivity index (χ0n) is 8.24. The average Bonchev–Trinajstić information content (AvgIpc) is 2.47. The van der Waals surface area contributed by atoms with Gasteiger partial charge in [-0.05, 0) is 19.9 Å². The number of anilines is 1. The van der Waals surface area contributed by atoms with Crippen molar-refractivity contribution in [1.29, 1.82) is 0 Å². The number of benzene rings is 1. The minimum atomic E-state index is 0.807. The van der Waals surface area contributed by atoms with Crippen LogP contribution in [0.15, 0.2) is 24.3 Å². The lowest BCUT2D eigenvalue weighted by molar-refractivity contribution is 1.27. The highest BCUT2D eigenvalue weighted by molar-refractivity contribution is 7.18. The lowest BCUT2D eigenvalue weighted by Gasteiger charge is -1.96. The SMILES string of the molecule is Cc1cccc(-c2nc(C)c(N)s2)c1. The number of hydrogen-bond acceptors (Lipinski definition) is 3. The molecule has 1 aromatic heterocycles. The summed E-state index contributed by atoms with van der Waals surface area (Å²) in [4.78, 5) is 4.42. The minimum Gasteiger partial charge on any atom is -0.389 e. The van der Waals surface area contributed by atoms with E-state index in [2.05, 4.69) is 30.1 Å². The predicted octanol–water partition coefficient (Wildman–Crippen LogP) is 3.01. The summed E-state index contributed by atoms with van der Waals surface area (Å²) >= 11 is 1.54. The van der Waals surface area contributed by atoms with Crippen molar-refractivity contribution in [2.24, 2.45) is 0 Å². The van der Waals surface area contributed by atoms with Crippen molar-refractivity contribution in [1.82, 2.24) is 4.98 Å². The first kappa shape index (κ1) is 9.21. The average molecular weight is 204 g/mol. The molecule has 1 heterocycles. The Labute approximate surface area is 87.4 Å². The lowest BCUT2D eigenvalue weighted by Crippen LogP contribution is -1.81. The zero-order chi connectivity index (χ0) is 10.1. The van der Waals surface area contributed by atoms with E-state index in [1.165, 1.54) is 5.56 Å². The van der Waals surface area contributed by atoms with E-state index in [0.717, 1.165) is 21.3 Å². The molecule has 0 aliphatic rings. The molecule has 0 aliphatic heterocycles. The highest BCUT2D eigenvalue weighted by Gasteiger charge is 2.06. The highest BCUT2D eigenvalue weighted by Crippen LogP contribution is 2.29. The van der Waals surface area contributed by atoms with Gasteiger partial charge in [0.05, 0.1) is 5.69 Å². The third-order valence-electron chi connectivity index (χ3n) is 2.10. The van der Waals surface area contributed by atoms with E-state index in [-0.39, 0.29) is 0 Å². The zero-order valence-corrected chi connectivity index (χ0v) is 9.06. The van der Waals surface area contributed by atoms with E-state index in [0.29, 0.717) is 0 Å². The summed E-state index contributed by atoms with van der Waals surface area (Å²) in [6, 6.07) is 8.30. The standard InChI is InChI=1S/C11H12N2S/c1-7-4-3-5-9(6-7)11-13-8(2)10(12)14-11/h3-6H,12H2,1-2H3. The Morgan fingerprint density at radius 1 is 1.29 bits per heavy atom. The molecule has 0 amide bonds. The maximum atomic E-state index is 5.77. The molecule has 0 atom stereocenters. The number of rotatable bonds is 1. The number of aryl methyl sites for hydroxylation is 2. The van der Waals surface area contributed by atoms with Gasteiger partial charge in [-0.2, -0.15) is 0 Å². The van der Waals surface area contributed by atoms with E-state index in [9.17, 15) is 0 Å². The second kappa shape index (κ2) is 3.42. The van der Waals surface area contributed by atoms with Gasteiger partial charge in [-0.25, -0.2) is 4.98 Å². The van der Waals surface area contributed by atoms with Crippen LogP contribution >= 0.6 is 11.3 Å². The van der Waals surface area contributed by atoms with Crippen molar-refractivity contribution in [3.8, 4) is 10.6 Å². The number of aromatic nitrogens is 1. The Kier molecular flexibility index (Phi) is 2.25. The van der Waals surface area contributed by atoms with Crippen LogP contribution in [0.2, 0.25) is 0 Å². The van der Waals surface area contributed by atoms with Gasteiger partial charge in [0.25, 0.3) is 0 Å². The van der Waals surface area contributed by atoms with Crippen molar-refractivity contribution in [3.63, 3.8) is 0 Å². The topological polar surface area (TPSA) is 38.9 Å². The molecule has 0 fully saturated rings. The number of hydrogen-bond donors (Lipinski definition) is 1. The van der Waals surface area contributed by atoms with Crippen LogP contribution in [0.4, 0.5) is 5.00 Å². The third kappa shape index (κ3) is 1.63. The van der Waals surface area contributed by atoms with Gasteiger partial charge in [-0.1, -0.05) is 35.1 Å². The van der Waals surface area contributed by atoms with Gasteiger partial charge in [-0.15, -0.1) is 0 Å². The van der Waals surface area contributed by atoms with Gasteiger partial charge >= 0.3 is 0 Å². The molecule has 72 valence electrons. The Morgan fingerprint density at radius 2 is 2.07 bits per heavy atom. The quantitative estimate of drug-likeness (QED) is 0.775. The molecule has 0 aliphatic carbocycles. The largest absolute Gasteiger partial charge is 0.389 e. The first-order valence-corrected chi connectivity index (χ1v) is 5.28. The molecule has 0 spiro atoms. The second-order valence-corrected chi connectivity index (χ2v) is 4.37. The van der Waals surface area contributed by atoms with Crippen LogP contribution in [0.5, 0.6) is 0 Å². The van der Waals surface area contributed by atoms with E-state index >= 15 is 0 Å². The maximum Gasteiger partial charge on any atom is 0.125 e. The summed E-state index contributed by atoms with van der Waals surface area (Å²) in [5.41, 5.74) is 9.09. The van der Waals surface area contributed by atoms with Crippen molar-refractivity contribution >= 4 is 16.3 Å². The maximum absolute atomic E-state index is 5.77. The van der Waals surface area contributed by atoms with Crippen molar-refractivity contribution in [2.45, 2.75) is 13.8 Å². The lowest BCUT2D eigenvalue weighted by atomic mass is 10.1. The Hall–Kier alpha value is -1.35. The smallest absolute Gasteiger partial charge is 0.125 e. The molecule has 0 unspecified atom stereocenters. The number of nitrogens with two attached hydrogens (primary N) is 1. The van der Waals surface area contributed by atoms with E-state index < -0.39 is 0 Å². The van der Waals surface area contributed by atoms with Gasteiger partial charge in [0.1, 0.15) is 10.0 Å². The summed E-state index contributed by atoms with van der Waals surface area (Å²) in [5.74, 6) is 0. The molecule has 0 radical (unpaired) electrons. The van der Waals surface area contributed by atoms with Gasteiger partial charge in [0.2, 0.25) is 0 Å². The number of nitrogens with zero attached hydrogens (tertiary/aromatic N) is 1. The molecule has 2 N–H and O–H groups in total. The van der Waals surface area contributed by atoms with E-state index in [1.807, 2.05) is 13.0 Å². The van der Waals surface area contributed by atoms with Crippen LogP contribution in [0, 0.1) is 13.8 Å². The van der Waals surface area contributed by atoms with Crippen molar-refractivity contribution in [3.05, 3.63) is 35.5 Å². The summed E-state index contributed by atoms with van der Waals surface area (Å²) in [7, 11) is 0. The fraction of sp³-hybridized carbons (Fsp3) is 0.182. The fourth-order valence-electron chi connectivity index (χ4n) is 1.31. The van der Waals surface area contributed by atoms with Crippen LogP contribution in [0.25, 0.3) is 10.6 Å². The highest BCUT2D eigenvalue weighted by atomic mass is 32.1. The van der Waals surface area contributed by atoms with Gasteiger partial charge in [-0.3, -0.25) is 0 Å². The molecule has 2 aromatic rings. The first-order valence-electron chi connectivity index (χ1n) is 4.47. The molecule has 2 nitrogen and oxygen atoms in total. The molecule has 2 rings (SSSR count). The van der Waals surface area contributed by atoms with Gasteiger partial charge < -0.3 is 5.73 Å². The van der Waals surface area contributed by atoms with E-state index in [4.69, 9.17) is 5.73 Å². The van der Waals surface area contributed by atoms with Crippen LogP contribution in [0.1, 0.15) is 11.3 Å². The van der Waals surface area contributed by atoms with Crippen LogP contribution in [-0.4, -0.2) is 4.98 Å². The summed E-state index contributed by atoms with van der Waals surface area (Å²) in [6.45, 7) is 4.01. The minimum absolute atomic E-state index is 0.807. The van der Waals surface area contributed by atoms with Gasteiger partial charge in [0, 0.05) is 5.56 Å². The third-order valence-corrected chi connectivity index (χ3v) is 3.13. The van der Waals surface area contributed by atoms with E-state index in [1.54, 1.807) is 11.3 Å². The summed E-state index contributed by atoms with van der Waals surface area (Å²) in [5, 5.41) is 1.81. The summed E-state index contributed by atoms with van der Waals surface area (Å²) in [6.07, 6.45) is 0. The molecule has 0 saturated heterocycles. The molecular formula is C11H12N2S. The van der Waals surface area contributed by atoms with Crippen LogP contribution in [0.3, 0.4) is 0 Å². The number of thiazole rings is 1. The molecular weight excluding hydrogens is 192 g/mol. The van der Waals surface area contributed by atoms with Crippen LogP contribution < -0.4 is 5.73 Å². The first-order chi connectivity index (χ1) is 6.66. The Balaban J connectivity index is 2.49. The summed E-state index contributed by atoms with van der Waals surface area (Å²) < 4.78 is 0. The molecule has 14 heavy (non-hydrogen) atoms. The Morgan fingerprint density at radius 3 is 2.64 bits per heavy atom. The monoisotopic (exact) mass is 204 g/mol. The fourth-order valence-corrected chi connectivity index (χ4v) is 2.14. The Bertz CT molecular complexity index is 441. The van der Waals surface area contributed by atoms with Gasteiger partial charge in [0.15, 0.2) is 0 Å².